The van der Waals surface area contributed by atoms with Gasteiger partial charge in [0.25, 0.3) is 0 Å². The number of rotatable bonds is 4. The van der Waals surface area contributed by atoms with Crippen LogP contribution < -0.4 is 0 Å². The van der Waals surface area contributed by atoms with E-state index in [-0.39, 0.29) is 24.2 Å². The lowest BCUT2D eigenvalue weighted by molar-refractivity contribution is -0.147. The van der Waals surface area contributed by atoms with E-state index in [0.717, 1.165) is 32.1 Å². The molecule has 0 aromatic carbocycles. The second kappa shape index (κ2) is 8.09. The zero-order valence-corrected chi connectivity index (χ0v) is 11.1. The van der Waals surface area contributed by atoms with Gasteiger partial charge in [-0.05, 0) is 18.3 Å². The van der Waals surface area contributed by atoms with Crippen molar-refractivity contribution in [1.82, 2.24) is 0 Å². The number of hydrogen-bond donors (Lipinski definition) is 1. The molecule has 1 aliphatic rings. The van der Waals surface area contributed by atoms with Gasteiger partial charge < -0.3 is 9.84 Å². The molecule has 1 N–H and O–H groups in total. The normalized spacial score (nSPS) is 17.6. The number of hydrogen-bond acceptors (Lipinski definition) is 3. The number of carboxylic acid groups (broad SMARTS) is 1. The van der Waals surface area contributed by atoms with Gasteiger partial charge >= 0.3 is 11.9 Å². The highest BCUT2D eigenvalue weighted by Gasteiger charge is 2.36. The zero-order chi connectivity index (χ0) is 13.3. The van der Waals surface area contributed by atoms with Crippen molar-refractivity contribution in [2.75, 3.05) is 7.11 Å². The molecule has 0 aromatic rings. The first-order valence-corrected chi connectivity index (χ1v) is 6.37. The topological polar surface area (TPSA) is 63.6 Å². The third kappa shape index (κ3) is 5.71. The summed E-state index contributed by atoms with van der Waals surface area (Å²) in [5, 5.41) is 8.86. The van der Waals surface area contributed by atoms with E-state index in [1.807, 2.05) is 13.8 Å². The van der Waals surface area contributed by atoms with Crippen LogP contribution in [0.2, 0.25) is 0 Å². The van der Waals surface area contributed by atoms with E-state index < -0.39 is 5.97 Å². The Bertz CT molecular complexity index is 242. The molecule has 1 fully saturated rings. The summed E-state index contributed by atoms with van der Waals surface area (Å²) in [7, 11) is 1.35. The van der Waals surface area contributed by atoms with Crippen molar-refractivity contribution in [2.24, 2.45) is 5.41 Å². The van der Waals surface area contributed by atoms with Crippen molar-refractivity contribution >= 4 is 11.9 Å². The van der Waals surface area contributed by atoms with Gasteiger partial charge in [-0.25, -0.2) is 0 Å². The van der Waals surface area contributed by atoms with E-state index in [1.54, 1.807) is 0 Å². The maximum absolute atomic E-state index is 11.3. The molecule has 0 atom stereocenters. The Morgan fingerprint density at radius 1 is 1.12 bits per heavy atom. The van der Waals surface area contributed by atoms with Gasteiger partial charge in [0.2, 0.25) is 0 Å². The van der Waals surface area contributed by atoms with E-state index >= 15 is 0 Å². The minimum atomic E-state index is -0.819. The highest BCUT2D eigenvalue weighted by molar-refractivity contribution is 5.73. The van der Waals surface area contributed by atoms with Gasteiger partial charge in [0.05, 0.1) is 20.0 Å². The molecule has 100 valence electrons. The van der Waals surface area contributed by atoms with Crippen molar-refractivity contribution < 1.29 is 19.4 Å². The Labute approximate surface area is 103 Å². The smallest absolute Gasteiger partial charge is 0.306 e. The molecule has 17 heavy (non-hydrogen) atoms. The Morgan fingerprint density at radius 2 is 1.65 bits per heavy atom. The van der Waals surface area contributed by atoms with Crippen molar-refractivity contribution in [3.05, 3.63) is 0 Å². The fourth-order valence-corrected chi connectivity index (χ4v) is 2.42. The van der Waals surface area contributed by atoms with Crippen LogP contribution in [0, 0.1) is 5.41 Å². The number of esters is 1. The minimum absolute atomic E-state index is 0.0854. The van der Waals surface area contributed by atoms with E-state index in [0.29, 0.717) is 0 Å². The highest BCUT2D eigenvalue weighted by Crippen LogP contribution is 2.42. The Morgan fingerprint density at radius 3 is 2.06 bits per heavy atom. The molecule has 0 saturated heterocycles. The lowest BCUT2D eigenvalue weighted by Gasteiger charge is -2.35. The second-order valence-electron chi connectivity index (χ2n) is 4.38. The molecule has 1 aliphatic carbocycles. The van der Waals surface area contributed by atoms with Crippen LogP contribution >= 0.6 is 0 Å². The summed E-state index contributed by atoms with van der Waals surface area (Å²) < 4.78 is 4.63. The number of ether oxygens (including phenoxy) is 1. The molecular formula is C13H24O4. The van der Waals surface area contributed by atoms with Crippen molar-refractivity contribution in [1.29, 1.82) is 0 Å². The summed E-state index contributed by atoms with van der Waals surface area (Å²) in [6.07, 6.45) is 5.16. The van der Waals surface area contributed by atoms with Crippen LogP contribution in [0.5, 0.6) is 0 Å². The summed E-state index contributed by atoms with van der Waals surface area (Å²) in [4.78, 5) is 22.0. The number of methoxy groups -OCH3 is 1. The Kier molecular flexibility index (Phi) is 7.59. The Hall–Kier alpha value is -1.06. The van der Waals surface area contributed by atoms with Gasteiger partial charge in [-0.1, -0.05) is 33.1 Å². The fraction of sp³-hybridized carbons (Fsp3) is 0.846. The molecule has 0 unspecified atom stereocenters. The maximum Gasteiger partial charge on any atom is 0.306 e. The van der Waals surface area contributed by atoms with Crippen LogP contribution in [-0.2, 0) is 14.3 Å². The molecule has 0 aromatic heterocycles. The van der Waals surface area contributed by atoms with Crippen LogP contribution in [0.25, 0.3) is 0 Å². The van der Waals surface area contributed by atoms with Crippen LogP contribution in [0.3, 0.4) is 0 Å². The fourth-order valence-electron chi connectivity index (χ4n) is 2.42. The number of aliphatic carboxylic acids is 1. The molecule has 4 nitrogen and oxygen atoms in total. The van der Waals surface area contributed by atoms with E-state index in [9.17, 15) is 9.59 Å². The highest BCUT2D eigenvalue weighted by atomic mass is 16.5. The standard InChI is InChI=1S/C11H18O4.C2H6/c1-15-10(14)8-11(7-9(12)13)5-3-2-4-6-11;1-2/h2-8H2,1H3,(H,12,13);1-2H3. The first-order valence-electron chi connectivity index (χ1n) is 6.37. The molecule has 0 amide bonds. The maximum atomic E-state index is 11.3. The van der Waals surface area contributed by atoms with Gasteiger partial charge in [0.15, 0.2) is 0 Å². The summed E-state index contributed by atoms with van der Waals surface area (Å²) in [6, 6.07) is 0. The Balaban J connectivity index is 0.00000121. The summed E-state index contributed by atoms with van der Waals surface area (Å²) in [5.74, 6) is -1.11. The molecule has 0 radical (unpaired) electrons. The summed E-state index contributed by atoms with van der Waals surface area (Å²) in [5.41, 5.74) is -0.350. The molecule has 0 bridgehead atoms. The lowest BCUT2D eigenvalue weighted by atomic mass is 9.70. The minimum Gasteiger partial charge on any atom is -0.481 e. The number of carboxylic acids is 1. The van der Waals surface area contributed by atoms with Crippen molar-refractivity contribution in [3.63, 3.8) is 0 Å². The van der Waals surface area contributed by atoms with Crippen molar-refractivity contribution in [3.8, 4) is 0 Å². The van der Waals surface area contributed by atoms with Crippen LogP contribution in [0.4, 0.5) is 0 Å². The lowest BCUT2D eigenvalue weighted by Crippen LogP contribution is -2.30. The van der Waals surface area contributed by atoms with Crippen molar-refractivity contribution in [2.45, 2.75) is 58.8 Å². The molecule has 1 rings (SSSR count). The van der Waals surface area contributed by atoms with Gasteiger partial charge in [-0.2, -0.15) is 0 Å². The predicted octanol–water partition coefficient (Wildman–Crippen LogP) is 3.00. The van der Waals surface area contributed by atoms with Crippen LogP contribution in [-0.4, -0.2) is 24.2 Å². The average molecular weight is 244 g/mol. The molecule has 1 saturated carbocycles. The number of carbonyl (C=O) groups excluding carboxylic acids is 1. The SMILES string of the molecule is CC.COC(=O)CC1(CC(=O)O)CCCCC1. The average Bonchev–Trinajstić information content (AvgIpc) is 2.31. The third-order valence-corrected chi connectivity index (χ3v) is 3.19. The monoisotopic (exact) mass is 244 g/mol. The molecule has 0 aliphatic heterocycles. The van der Waals surface area contributed by atoms with Gasteiger partial charge in [0, 0.05) is 0 Å². The molecule has 0 heterocycles. The van der Waals surface area contributed by atoms with Crippen LogP contribution in [0.15, 0.2) is 0 Å². The zero-order valence-electron chi connectivity index (χ0n) is 11.1. The summed E-state index contributed by atoms with van der Waals surface area (Å²) >= 11 is 0. The quantitative estimate of drug-likeness (QED) is 0.772. The van der Waals surface area contributed by atoms with Gasteiger partial charge in [-0.15, -0.1) is 0 Å². The van der Waals surface area contributed by atoms with E-state index in [2.05, 4.69) is 4.74 Å². The number of carbonyl (C=O) groups is 2. The first kappa shape index (κ1) is 15.9. The first-order chi connectivity index (χ1) is 8.08. The van der Waals surface area contributed by atoms with Gasteiger partial charge in [0.1, 0.15) is 0 Å². The summed E-state index contributed by atoms with van der Waals surface area (Å²) in [6.45, 7) is 4.00. The molecular weight excluding hydrogens is 220 g/mol. The van der Waals surface area contributed by atoms with Gasteiger partial charge in [-0.3, -0.25) is 9.59 Å². The predicted molar refractivity (Wildman–Crippen MR) is 65.8 cm³/mol. The largest absolute Gasteiger partial charge is 0.481 e. The van der Waals surface area contributed by atoms with E-state index in [1.165, 1.54) is 7.11 Å². The third-order valence-electron chi connectivity index (χ3n) is 3.19. The second-order valence-corrected chi connectivity index (χ2v) is 4.38. The van der Waals surface area contributed by atoms with Crippen LogP contribution in [0.1, 0.15) is 58.8 Å². The molecule has 4 heteroatoms. The van der Waals surface area contributed by atoms with E-state index in [4.69, 9.17) is 5.11 Å². The molecule has 0 spiro atoms.